The Hall–Kier alpha value is -4.00. The summed E-state index contributed by atoms with van der Waals surface area (Å²) in [6.07, 6.45) is 2.96. The second-order valence-corrected chi connectivity index (χ2v) is 10.2. The first-order valence-corrected chi connectivity index (χ1v) is 13.6. The van der Waals surface area contributed by atoms with Gasteiger partial charge in [-0.05, 0) is 73.6 Å². The number of ether oxygens (including phenoxy) is 1. The van der Waals surface area contributed by atoms with Crippen LogP contribution < -0.4 is 20.3 Å². The van der Waals surface area contributed by atoms with Crippen LogP contribution in [0.25, 0.3) is 0 Å². The molecule has 198 valence electrons. The number of carbonyl (C=O) groups excluding carboxylic acids is 2. The molecule has 0 radical (unpaired) electrons. The summed E-state index contributed by atoms with van der Waals surface area (Å²) in [5, 5.41) is 5.78. The minimum Gasteiger partial charge on any atom is -0.492 e. The van der Waals surface area contributed by atoms with E-state index in [0.29, 0.717) is 35.2 Å². The van der Waals surface area contributed by atoms with Gasteiger partial charge in [-0.1, -0.05) is 43.3 Å². The number of fused-ring (bicyclic) bond motifs is 1. The van der Waals surface area contributed by atoms with Crippen LogP contribution in [-0.2, 0) is 13.0 Å². The maximum Gasteiger partial charge on any atom is 0.323 e. The molecule has 0 unspecified atom stereocenters. The Morgan fingerprint density at radius 3 is 2.45 bits per heavy atom. The predicted molar refractivity (Wildman–Crippen MR) is 152 cm³/mol. The van der Waals surface area contributed by atoms with Crippen LogP contribution in [0.3, 0.4) is 0 Å². The summed E-state index contributed by atoms with van der Waals surface area (Å²) in [5.41, 5.74) is 5.37. The van der Waals surface area contributed by atoms with Gasteiger partial charge >= 0.3 is 6.03 Å². The normalized spacial score (nSPS) is 15.5. The fourth-order valence-electron chi connectivity index (χ4n) is 5.28. The van der Waals surface area contributed by atoms with Crippen LogP contribution >= 0.6 is 0 Å². The van der Waals surface area contributed by atoms with Gasteiger partial charge in [-0.2, -0.15) is 0 Å². The van der Waals surface area contributed by atoms with Gasteiger partial charge in [0.05, 0.1) is 17.9 Å². The van der Waals surface area contributed by atoms with Gasteiger partial charge in [0, 0.05) is 37.6 Å². The van der Waals surface area contributed by atoms with Gasteiger partial charge in [-0.25, -0.2) is 4.79 Å². The Labute approximate surface area is 224 Å². The first-order valence-electron chi connectivity index (χ1n) is 13.6. The monoisotopic (exact) mass is 512 g/mol. The average Bonchev–Trinajstić information content (AvgIpc) is 2.94. The topological polar surface area (TPSA) is 73.9 Å². The number of urea groups is 1. The molecule has 7 heteroatoms. The standard InChI is InChI=1S/C31H36N4O3/c1-3-38-29-11-7-6-10-27(29)33-31(37)32-25-12-13-28(35-19-16-23-8-4-5-9-24(23)21-35)26(20-25)30(36)34-17-14-22(2)15-18-34/h4-13,20,22H,3,14-19,21H2,1-2H3,(H2,32,33,37). The first-order chi connectivity index (χ1) is 18.5. The van der Waals surface area contributed by atoms with Crippen molar-refractivity contribution in [3.8, 4) is 5.75 Å². The zero-order valence-corrected chi connectivity index (χ0v) is 22.2. The third-order valence-corrected chi connectivity index (χ3v) is 7.46. The van der Waals surface area contributed by atoms with E-state index in [1.807, 2.05) is 48.2 Å². The molecule has 1 fully saturated rings. The minimum atomic E-state index is -0.387. The van der Waals surface area contributed by atoms with Gasteiger partial charge in [0.15, 0.2) is 0 Å². The molecule has 2 heterocycles. The summed E-state index contributed by atoms with van der Waals surface area (Å²) in [6, 6.07) is 21.1. The summed E-state index contributed by atoms with van der Waals surface area (Å²) >= 11 is 0. The van der Waals surface area contributed by atoms with Crippen molar-refractivity contribution < 1.29 is 14.3 Å². The lowest BCUT2D eigenvalue weighted by Crippen LogP contribution is -2.39. The second-order valence-electron chi connectivity index (χ2n) is 10.2. The Morgan fingerprint density at radius 1 is 0.921 bits per heavy atom. The second kappa shape index (κ2) is 11.6. The number of benzene rings is 3. The average molecular weight is 513 g/mol. The number of piperidine rings is 1. The van der Waals surface area contributed by atoms with Crippen molar-refractivity contribution in [1.82, 2.24) is 4.90 Å². The third-order valence-electron chi connectivity index (χ3n) is 7.46. The van der Waals surface area contributed by atoms with E-state index in [0.717, 1.165) is 51.1 Å². The van der Waals surface area contributed by atoms with E-state index < -0.39 is 0 Å². The summed E-state index contributed by atoms with van der Waals surface area (Å²) in [7, 11) is 0. The van der Waals surface area contributed by atoms with Crippen molar-refractivity contribution in [1.29, 1.82) is 0 Å². The van der Waals surface area contributed by atoms with Gasteiger partial charge in [0.2, 0.25) is 0 Å². The zero-order valence-electron chi connectivity index (χ0n) is 22.2. The largest absolute Gasteiger partial charge is 0.492 e. The van der Waals surface area contributed by atoms with E-state index >= 15 is 0 Å². The van der Waals surface area contributed by atoms with Crippen molar-refractivity contribution in [2.75, 3.05) is 41.8 Å². The summed E-state index contributed by atoms with van der Waals surface area (Å²) in [6.45, 7) is 7.77. The van der Waals surface area contributed by atoms with Crippen molar-refractivity contribution in [3.05, 3.63) is 83.4 Å². The molecule has 0 spiro atoms. The van der Waals surface area contributed by atoms with Crippen LogP contribution in [0, 0.1) is 5.92 Å². The van der Waals surface area contributed by atoms with E-state index in [-0.39, 0.29) is 11.9 Å². The van der Waals surface area contributed by atoms with Crippen LogP contribution in [0.15, 0.2) is 66.7 Å². The number of amides is 3. The molecule has 1 saturated heterocycles. The fourth-order valence-corrected chi connectivity index (χ4v) is 5.28. The molecule has 38 heavy (non-hydrogen) atoms. The van der Waals surface area contributed by atoms with Crippen molar-refractivity contribution in [2.24, 2.45) is 5.92 Å². The number of carbonyl (C=O) groups is 2. The lowest BCUT2D eigenvalue weighted by molar-refractivity contribution is 0.0697. The highest BCUT2D eigenvalue weighted by atomic mass is 16.5. The van der Waals surface area contributed by atoms with Crippen LogP contribution in [0.1, 0.15) is 48.2 Å². The number of anilines is 3. The van der Waals surface area contributed by atoms with Crippen LogP contribution in [0.4, 0.5) is 21.9 Å². The lowest BCUT2D eigenvalue weighted by Gasteiger charge is -2.35. The van der Waals surface area contributed by atoms with Crippen LogP contribution in [0.5, 0.6) is 5.75 Å². The van der Waals surface area contributed by atoms with E-state index in [9.17, 15) is 9.59 Å². The highest BCUT2D eigenvalue weighted by Gasteiger charge is 2.27. The molecule has 2 aliphatic heterocycles. The first kappa shape index (κ1) is 25.6. The van der Waals surface area contributed by atoms with E-state index in [1.165, 1.54) is 11.1 Å². The zero-order chi connectivity index (χ0) is 26.5. The van der Waals surface area contributed by atoms with Crippen molar-refractivity contribution >= 4 is 29.0 Å². The molecule has 2 aliphatic rings. The molecule has 3 aromatic rings. The van der Waals surface area contributed by atoms with Crippen LogP contribution in [-0.4, -0.2) is 43.1 Å². The number of likely N-dealkylation sites (tertiary alicyclic amines) is 1. The maximum atomic E-state index is 13.8. The number of rotatable bonds is 6. The lowest BCUT2D eigenvalue weighted by atomic mass is 9.97. The Balaban J connectivity index is 1.40. The molecule has 2 N–H and O–H groups in total. The van der Waals surface area contributed by atoms with Gasteiger partial charge in [0.25, 0.3) is 5.91 Å². The molecular weight excluding hydrogens is 476 g/mol. The molecule has 5 rings (SSSR count). The number of hydrogen-bond acceptors (Lipinski definition) is 4. The predicted octanol–water partition coefficient (Wildman–Crippen LogP) is 6.16. The summed E-state index contributed by atoms with van der Waals surface area (Å²) in [4.78, 5) is 31.0. The highest BCUT2D eigenvalue weighted by molar-refractivity contribution is 6.04. The molecule has 0 aromatic heterocycles. The van der Waals surface area contributed by atoms with Gasteiger partial charge < -0.3 is 25.2 Å². The highest BCUT2D eigenvalue weighted by Crippen LogP contribution is 2.32. The van der Waals surface area contributed by atoms with E-state index in [4.69, 9.17) is 4.74 Å². The van der Waals surface area contributed by atoms with Gasteiger partial charge in [-0.3, -0.25) is 4.79 Å². The third kappa shape index (κ3) is 5.77. The fraction of sp³-hybridized carbons (Fsp3) is 0.355. The number of nitrogens with zero attached hydrogens (tertiary/aromatic N) is 2. The molecular formula is C31H36N4O3. The Bertz CT molecular complexity index is 1300. The van der Waals surface area contributed by atoms with Crippen molar-refractivity contribution in [2.45, 2.75) is 39.7 Å². The van der Waals surface area contributed by atoms with E-state index in [1.54, 1.807) is 6.07 Å². The van der Waals surface area contributed by atoms with Crippen molar-refractivity contribution in [3.63, 3.8) is 0 Å². The molecule has 3 amide bonds. The molecule has 0 saturated carbocycles. The Kier molecular flexibility index (Phi) is 7.82. The molecule has 0 bridgehead atoms. The molecule has 3 aromatic carbocycles. The number of hydrogen-bond donors (Lipinski definition) is 2. The Morgan fingerprint density at radius 2 is 1.66 bits per heavy atom. The SMILES string of the molecule is CCOc1ccccc1NC(=O)Nc1ccc(N2CCc3ccccc3C2)c(C(=O)N2CCC(C)CC2)c1. The number of nitrogens with one attached hydrogen (secondary N) is 2. The molecule has 7 nitrogen and oxygen atoms in total. The van der Waals surface area contributed by atoms with E-state index in [2.05, 4.69) is 46.7 Å². The minimum absolute atomic E-state index is 0.0245. The van der Waals surface area contributed by atoms with Crippen LogP contribution in [0.2, 0.25) is 0 Å². The quantitative estimate of drug-likeness (QED) is 0.415. The van der Waals surface area contributed by atoms with Gasteiger partial charge in [-0.15, -0.1) is 0 Å². The van der Waals surface area contributed by atoms with Gasteiger partial charge in [0.1, 0.15) is 5.75 Å². The summed E-state index contributed by atoms with van der Waals surface area (Å²) < 4.78 is 5.62. The molecule has 0 aliphatic carbocycles. The smallest absolute Gasteiger partial charge is 0.323 e. The number of para-hydroxylation sites is 2. The summed E-state index contributed by atoms with van der Waals surface area (Å²) in [5.74, 6) is 1.27. The maximum absolute atomic E-state index is 13.8. The molecule has 0 atom stereocenters.